The topological polar surface area (TPSA) is 59.9 Å². The molecule has 0 heterocycles. The summed E-state index contributed by atoms with van der Waals surface area (Å²) in [6, 6.07) is 12.7. The van der Waals surface area contributed by atoms with Crippen LogP contribution in [0.15, 0.2) is 47.6 Å². The van der Waals surface area contributed by atoms with Crippen LogP contribution in [0.25, 0.3) is 0 Å². The number of halogens is 1. The fourth-order valence-corrected chi connectivity index (χ4v) is 2.35. The molecule has 2 rings (SSSR count). The smallest absolute Gasteiger partial charge is 0.280 e. The number of aryl methyl sites for hydroxylation is 1. The zero-order valence-corrected chi connectivity index (χ0v) is 15.9. The first-order valence-corrected chi connectivity index (χ1v) is 8.86. The van der Waals surface area contributed by atoms with Gasteiger partial charge in [-0.25, -0.2) is 5.43 Å². The Morgan fingerprint density at radius 1 is 1.27 bits per heavy atom. The van der Waals surface area contributed by atoms with Gasteiger partial charge in [-0.05, 0) is 73.9 Å². The number of amides is 1. The lowest BCUT2D eigenvalue weighted by molar-refractivity contribution is -0.127. The maximum absolute atomic E-state index is 12.1. The van der Waals surface area contributed by atoms with E-state index in [0.29, 0.717) is 17.4 Å². The van der Waals surface area contributed by atoms with Crippen molar-refractivity contribution in [2.24, 2.45) is 5.10 Å². The van der Waals surface area contributed by atoms with Crippen molar-refractivity contribution in [3.8, 4) is 11.5 Å². The zero-order chi connectivity index (χ0) is 18.9. The van der Waals surface area contributed by atoms with E-state index < -0.39 is 6.10 Å². The molecule has 2 aromatic rings. The lowest BCUT2D eigenvalue weighted by atomic mass is 10.2. The Morgan fingerprint density at radius 2 is 2.00 bits per heavy atom. The van der Waals surface area contributed by atoms with Gasteiger partial charge in [0.15, 0.2) is 6.10 Å². The monoisotopic (exact) mass is 374 g/mol. The molecule has 2 aromatic carbocycles. The Bertz CT molecular complexity index is 760. The van der Waals surface area contributed by atoms with Crippen LogP contribution in [0.2, 0.25) is 5.02 Å². The highest BCUT2D eigenvalue weighted by molar-refractivity contribution is 6.30. The molecule has 138 valence electrons. The third-order valence-electron chi connectivity index (χ3n) is 3.55. The average molecular weight is 375 g/mol. The third-order valence-corrected chi connectivity index (χ3v) is 3.79. The molecule has 0 unspecified atom stereocenters. The fraction of sp³-hybridized carbons (Fsp3) is 0.300. The molecule has 6 heteroatoms. The highest BCUT2D eigenvalue weighted by Gasteiger charge is 2.15. The fourth-order valence-electron chi connectivity index (χ4n) is 2.12. The van der Waals surface area contributed by atoms with Gasteiger partial charge in [0.05, 0.1) is 12.8 Å². The van der Waals surface area contributed by atoms with Crippen LogP contribution in [0.4, 0.5) is 0 Å². The number of hydrazone groups is 1. The summed E-state index contributed by atoms with van der Waals surface area (Å²) >= 11 is 5.92. The molecule has 0 saturated heterocycles. The standard InChI is InChI=1S/C20H23ClN2O3/c1-4-11-25-18-8-5-16(6-9-18)13-22-23-20(24)15(3)26-19-10-7-17(21)12-14(19)2/h5-10,12-13,15H,4,11H2,1-3H3,(H,23,24)/b22-13-/t15-/m0/s1. The molecule has 0 aliphatic carbocycles. The van der Waals surface area contributed by atoms with E-state index in [9.17, 15) is 4.79 Å². The molecular weight excluding hydrogens is 352 g/mol. The van der Waals surface area contributed by atoms with Crippen molar-refractivity contribution in [3.05, 3.63) is 58.6 Å². The van der Waals surface area contributed by atoms with Crippen LogP contribution in [0, 0.1) is 6.92 Å². The van der Waals surface area contributed by atoms with E-state index in [1.807, 2.05) is 31.2 Å². The number of benzene rings is 2. The predicted octanol–water partition coefficient (Wildman–Crippen LogP) is 4.35. The van der Waals surface area contributed by atoms with Crippen molar-refractivity contribution in [2.45, 2.75) is 33.3 Å². The van der Waals surface area contributed by atoms with E-state index in [2.05, 4.69) is 17.5 Å². The molecule has 1 atom stereocenters. The number of carbonyl (C=O) groups is 1. The van der Waals surface area contributed by atoms with E-state index >= 15 is 0 Å². The van der Waals surface area contributed by atoms with Gasteiger partial charge in [0, 0.05) is 5.02 Å². The molecule has 1 amide bonds. The molecule has 0 aliphatic heterocycles. The van der Waals surface area contributed by atoms with E-state index in [0.717, 1.165) is 23.3 Å². The van der Waals surface area contributed by atoms with Gasteiger partial charge in [0.25, 0.3) is 5.91 Å². The van der Waals surface area contributed by atoms with Crippen molar-refractivity contribution in [3.63, 3.8) is 0 Å². The highest BCUT2D eigenvalue weighted by Crippen LogP contribution is 2.22. The number of carbonyl (C=O) groups excluding carboxylic acids is 1. The lowest BCUT2D eigenvalue weighted by Crippen LogP contribution is -2.33. The van der Waals surface area contributed by atoms with Crippen LogP contribution >= 0.6 is 11.6 Å². The van der Waals surface area contributed by atoms with Crippen LogP contribution < -0.4 is 14.9 Å². The minimum Gasteiger partial charge on any atom is -0.494 e. The first kappa shape index (κ1) is 19.8. The minimum atomic E-state index is -0.683. The molecule has 0 radical (unpaired) electrons. The minimum absolute atomic E-state index is 0.335. The Hall–Kier alpha value is -2.53. The molecule has 0 bridgehead atoms. The average Bonchev–Trinajstić information content (AvgIpc) is 2.63. The second-order valence-corrected chi connectivity index (χ2v) is 6.26. The molecule has 1 N–H and O–H groups in total. The van der Waals surface area contributed by atoms with Crippen molar-refractivity contribution in [1.29, 1.82) is 0 Å². The number of nitrogens with one attached hydrogen (secondary N) is 1. The second kappa shape index (κ2) is 9.82. The third kappa shape index (κ3) is 6.08. The summed E-state index contributed by atoms with van der Waals surface area (Å²) in [6.45, 7) is 6.29. The van der Waals surface area contributed by atoms with E-state index in [1.54, 1.807) is 31.3 Å². The predicted molar refractivity (Wildman–Crippen MR) is 104 cm³/mol. The van der Waals surface area contributed by atoms with Gasteiger partial charge < -0.3 is 9.47 Å². The quantitative estimate of drug-likeness (QED) is 0.551. The van der Waals surface area contributed by atoms with E-state index in [1.165, 1.54) is 0 Å². The van der Waals surface area contributed by atoms with Crippen molar-refractivity contribution in [1.82, 2.24) is 5.43 Å². The summed E-state index contributed by atoms with van der Waals surface area (Å²) in [4.78, 5) is 12.1. The summed E-state index contributed by atoms with van der Waals surface area (Å²) in [5, 5.41) is 4.59. The summed E-state index contributed by atoms with van der Waals surface area (Å²) in [7, 11) is 0. The second-order valence-electron chi connectivity index (χ2n) is 5.82. The first-order chi connectivity index (χ1) is 12.5. The maximum atomic E-state index is 12.1. The number of hydrogen-bond acceptors (Lipinski definition) is 4. The molecule has 26 heavy (non-hydrogen) atoms. The van der Waals surface area contributed by atoms with E-state index in [4.69, 9.17) is 21.1 Å². The number of ether oxygens (including phenoxy) is 2. The maximum Gasteiger partial charge on any atom is 0.280 e. The summed E-state index contributed by atoms with van der Waals surface area (Å²) in [5.41, 5.74) is 4.20. The number of rotatable bonds is 8. The lowest BCUT2D eigenvalue weighted by Gasteiger charge is -2.14. The normalized spacial score (nSPS) is 12.0. The van der Waals surface area contributed by atoms with Crippen LogP contribution in [-0.2, 0) is 4.79 Å². The summed E-state index contributed by atoms with van der Waals surface area (Å²) < 4.78 is 11.2. The summed E-state index contributed by atoms with van der Waals surface area (Å²) in [5.74, 6) is 1.09. The molecule has 5 nitrogen and oxygen atoms in total. The van der Waals surface area contributed by atoms with Crippen molar-refractivity contribution >= 4 is 23.7 Å². The van der Waals surface area contributed by atoms with Gasteiger partial charge in [-0.1, -0.05) is 18.5 Å². The Labute approximate surface area is 159 Å². The highest BCUT2D eigenvalue weighted by atomic mass is 35.5. The number of nitrogens with zero attached hydrogens (tertiary/aromatic N) is 1. The molecule has 0 saturated carbocycles. The zero-order valence-electron chi connectivity index (χ0n) is 15.2. The molecular formula is C20H23ClN2O3. The van der Waals surface area contributed by atoms with Gasteiger partial charge in [-0.15, -0.1) is 0 Å². The van der Waals surface area contributed by atoms with Crippen LogP contribution in [0.1, 0.15) is 31.4 Å². The van der Waals surface area contributed by atoms with E-state index in [-0.39, 0.29) is 5.91 Å². The molecule has 0 aliphatic rings. The Kier molecular flexibility index (Phi) is 7.48. The first-order valence-electron chi connectivity index (χ1n) is 8.48. The summed E-state index contributed by atoms with van der Waals surface area (Å²) in [6.07, 6.45) is 1.85. The van der Waals surface area contributed by atoms with Gasteiger partial charge in [0.1, 0.15) is 11.5 Å². The van der Waals surface area contributed by atoms with Gasteiger partial charge in [-0.2, -0.15) is 5.10 Å². The van der Waals surface area contributed by atoms with Crippen molar-refractivity contribution < 1.29 is 14.3 Å². The molecule has 0 fully saturated rings. The number of hydrogen-bond donors (Lipinski definition) is 1. The van der Waals surface area contributed by atoms with Gasteiger partial charge in [-0.3, -0.25) is 4.79 Å². The van der Waals surface area contributed by atoms with Crippen molar-refractivity contribution in [2.75, 3.05) is 6.61 Å². The SMILES string of the molecule is CCCOc1ccc(/C=N\NC(=O)[C@H](C)Oc2ccc(Cl)cc2C)cc1. The van der Waals surface area contributed by atoms with Crippen LogP contribution in [0.5, 0.6) is 11.5 Å². The Balaban J connectivity index is 1.85. The van der Waals surface area contributed by atoms with Crippen LogP contribution in [0.3, 0.4) is 0 Å². The molecule has 0 spiro atoms. The van der Waals surface area contributed by atoms with Crippen LogP contribution in [-0.4, -0.2) is 24.8 Å². The van der Waals surface area contributed by atoms with Gasteiger partial charge >= 0.3 is 0 Å². The van der Waals surface area contributed by atoms with Gasteiger partial charge in [0.2, 0.25) is 0 Å². The largest absolute Gasteiger partial charge is 0.494 e. The molecule has 0 aromatic heterocycles. The Morgan fingerprint density at radius 3 is 2.65 bits per heavy atom.